The van der Waals surface area contributed by atoms with Crippen molar-refractivity contribution < 1.29 is 4.79 Å². The van der Waals surface area contributed by atoms with Gasteiger partial charge in [-0.2, -0.15) is 0 Å². The van der Waals surface area contributed by atoms with Gasteiger partial charge in [-0.3, -0.25) is 4.79 Å². The van der Waals surface area contributed by atoms with Gasteiger partial charge in [0.25, 0.3) is 0 Å². The summed E-state index contributed by atoms with van der Waals surface area (Å²) in [6, 6.07) is 12.4. The van der Waals surface area contributed by atoms with Crippen LogP contribution in [0.2, 0.25) is 15.1 Å². The lowest BCUT2D eigenvalue weighted by atomic mass is 10.1. The molecule has 0 aliphatic carbocycles. The minimum Gasteiger partial charge on any atom is -0.338 e. The van der Waals surface area contributed by atoms with Gasteiger partial charge < -0.3 is 4.57 Å². The van der Waals surface area contributed by atoms with Crippen molar-refractivity contribution >= 4 is 51.5 Å². The maximum atomic E-state index is 12.4. The molecular weight excluding hydrogens is 329 g/mol. The minimum atomic E-state index is -0.111. The summed E-state index contributed by atoms with van der Waals surface area (Å²) in [7, 11) is 0. The molecule has 0 spiro atoms. The van der Waals surface area contributed by atoms with Crippen molar-refractivity contribution in [1.29, 1.82) is 0 Å². The zero-order chi connectivity index (χ0) is 15.0. The molecule has 0 fully saturated rings. The number of rotatable bonds is 3. The third-order valence-corrected chi connectivity index (χ3v) is 4.15. The molecule has 0 amide bonds. The molecule has 106 valence electrons. The SMILES string of the molecule is O=C(Cn1ccc2cccc(Cl)c21)c1cc(Cl)ccc1Cl. The molecule has 0 unspecified atom stereocenters. The van der Waals surface area contributed by atoms with Crippen LogP contribution in [0.25, 0.3) is 10.9 Å². The average Bonchev–Trinajstić information content (AvgIpc) is 2.86. The Morgan fingerprint density at radius 3 is 2.62 bits per heavy atom. The van der Waals surface area contributed by atoms with E-state index in [4.69, 9.17) is 34.8 Å². The predicted octanol–water partition coefficient (Wildman–Crippen LogP) is 5.48. The van der Waals surface area contributed by atoms with Crippen LogP contribution in [0, 0.1) is 0 Å². The van der Waals surface area contributed by atoms with Crippen LogP contribution in [0.15, 0.2) is 48.7 Å². The first-order valence-electron chi connectivity index (χ1n) is 6.28. The Labute approximate surface area is 136 Å². The highest BCUT2D eigenvalue weighted by Crippen LogP contribution is 2.26. The number of hydrogen-bond acceptors (Lipinski definition) is 1. The van der Waals surface area contributed by atoms with Crippen LogP contribution >= 0.6 is 34.8 Å². The molecule has 3 rings (SSSR count). The Bertz CT molecular complexity index is 839. The summed E-state index contributed by atoms with van der Waals surface area (Å²) in [6.07, 6.45) is 1.84. The van der Waals surface area contributed by atoms with Crippen LogP contribution in [-0.2, 0) is 6.54 Å². The first kappa shape index (κ1) is 14.5. The van der Waals surface area contributed by atoms with Gasteiger partial charge >= 0.3 is 0 Å². The molecule has 0 N–H and O–H groups in total. The van der Waals surface area contributed by atoms with Gasteiger partial charge in [-0.25, -0.2) is 0 Å². The van der Waals surface area contributed by atoms with E-state index < -0.39 is 0 Å². The maximum absolute atomic E-state index is 12.4. The molecule has 5 heteroatoms. The lowest BCUT2D eigenvalue weighted by Gasteiger charge is -2.08. The molecule has 2 aromatic carbocycles. The minimum absolute atomic E-state index is 0.111. The zero-order valence-electron chi connectivity index (χ0n) is 10.8. The molecule has 0 bridgehead atoms. The number of halogens is 3. The number of benzene rings is 2. The summed E-state index contributed by atoms with van der Waals surface area (Å²) in [5.74, 6) is -0.111. The molecule has 0 radical (unpaired) electrons. The van der Waals surface area contributed by atoms with E-state index in [1.807, 2.05) is 29.0 Å². The normalized spacial score (nSPS) is 11.0. The number of Topliss-reactive ketones (excluding diaryl/α,β-unsaturated/α-hetero) is 1. The molecule has 0 aliphatic heterocycles. The summed E-state index contributed by atoms with van der Waals surface area (Å²) >= 11 is 18.2. The number of fused-ring (bicyclic) bond motifs is 1. The van der Waals surface area contributed by atoms with E-state index in [9.17, 15) is 4.79 Å². The number of carbonyl (C=O) groups excluding carboxylic acids is 1. The van der Waals surface area contributed by atoms with Crippen molar-refractivity contribution in [3.8, 4) is 0 Å². The summed E-state index contributed by atoms with van der Waals surface area (Å²) in [6.45, 7) is 0.160. The second kappa shape index (κ2) is 5.72. The van der Waals surface area contributed by atoms with E-state index in [0.717, 1.165) is 10.9 Å². The van der Waals surface area contributed by atoms with E-state index in [1.165, 1.54) is 0 Å². The number of ketones is 1. The van der Waals surface area contributed by atoms with E-state index in [2.05, 4.69) is 0 Å². The largest absolute Gasteiger partial charge is 0.338 e. The third-order valence-electron chi connectivity index (χ3n) is 3.28. The van der Waals surface area contributed by atoms with Crippen LogP contribution < -0.4 is 0 Å². The van der Waals surface area contributed by atoms with E-state index in [1.54, 1.807) is 24.3 Å². The van der Waals surface area contributed by atoms with Crippen molar-refractivity contribution in [2.24, 2.45) is 0 Å². The van der Waals surface area contributed by atoms with E-state index >= 15 is 0 Å². The van der Waals surface area contributed by atoms with Crippen LogP contribution in [0.3, 0.4) is 0 Å². The van der Waals surface area contributed by atoms with Crippen LogP contribution in [-0.4, -0.2) is 10.4 Å². The molecule has 1 aromatic heterocycles. The van der Waals surface area contributed by atoms with Gasteiger partial charge in [0.1, 0.15) is 0 Å². The van der Waals surface area contributed by atoms with Crippen molar-refractivity contribution in [3.05, 3.63) is 69.3 Å². The Kier molecular flexibility index (Phi) is 3.94. The van der Waals surface area contributed by atoms with Crippen molar-refractivity contribution in [1.82, 2.24) is 4.57 Å². The third kappa shape index (κ3) is 2.80. The maximum Gasteiger partial charge on any atom is 0.184 e. The first-order chi connectivity index (χ1) is 10.1. The van der Waals surface area contributed by atoms with E-state index in [-0.39, 0.29) is 12.3 Å². The summed E-state index contributed by atoms with van der Waals surface area (Å²) in [5.41, 5.74) is 1.25. The van der Waals surface area contributed by atoms with Gasteiger partial charge in [0.05, 0.1) is 22.1 Å². The fourth-order valence-corrected chi connectivity index (χ4v) is 2.98. The van der Waals surface area contributed by atoms with Crippen molar-refractivity contribution in [3.63, 3.8) is 0 Å². The van der Waals surface area contributed by atoms with E-state index in [0.29, 0.717) is 20.6 Å². The van der Waals surface area contributed by atoms with Crippen LogP contribution in [0.5, 0.6) is 0 Å². The van der Waals surface area contributed by atoms with Crippen LogP contribution in [0.1, 0.15) is 10.4 Å². The molecule has 21 heavy (non-hydrogen) atoms. The number of hydrogen-bond donors (Lipinski definition) is 0. The van der Waals surface area contributed by atoms with Gasteiger partial charge in [-0.1, -0.05) is 46.9 Å². The van der Waals surface area contributed by atoms with Gasteiger partial charge in [-0.15, -0.1) is 0 Å². The molecule has 1 heterocycles. The van der Waals surface area contributed by atoms with Crippen LogP contribution in [0.4, 0.5) is 0 Å². The highest BCUT2D eigenvalue weighted by Gasteiger charge is 2.14. The molecule has 0 aliphatic rings. The fourth-order valence-electron chi connectivity index (χ4n) is 2.30. The molecule has 3 aromatic rings. The average molecular weight is 339 g/mol. The number of carbonyl (C=O) groups is 1. The molecule has 0 saturated carbocycles. The first-order valence-corrected chi connectivity index (χ1v) is 7.41. The second-order valence-electron chi connectivity index (χ2n) is 4.67. The second-order valence-corrected chi connectivity index (χ2v) is 5.92. The topological polar surface area (TPSA) is 22.0 Å². The Balaban J connectivity index is 1.99. The fraction of sp³-hybridized carbons (Fsp3) is 0.0625. The Morgan fingerprint density at radius 2 is 1.81 bits per heavy atom. The molecule has 2 nitrogen and oxygen atoms in total. The lowest BCUT2D eigenvalue weighted by molar-refractivity contribution is 0.0974. The molecule has 0 atom stereocenters. The summed E-state index contributed by atoms with van der Waals surface area (Å²) < 4.78 is 1.82. The Hall–Kier alpha value is -1.48. The summed E-state index contributed by atoms with van der Waals surface area (Å²) in [5, 5.41) is 2.49. The zero-order valence-corrected chi connectivity index (χ0v) is 13.1. The molecule has 0 saturated heterocycles. The van der Waals surface area contributed by atoms with Gasteiger partial charge in [0.2, 0.25) is 0 Å². The highest BCUT2D eigenvalue weighted by molar-refractivity contribution is 6.36. The van der Waals surface area contributed by atoms with Gasteiger partial charge in [0, 0.05) is 22.2 Å². The predicted molar refractivity (Wildman–Crippen MR) is 87.7 cm³/mol. The number of aromatic nitrogens is 1. The van der Waals surface area contributed by atoms with Gasteiger partial charge in [0.15, 0.2) is 5.78 Å². The lowest BCUT2D eigenvalue weighted by Crippen LogP contribution is -2.10. The number of para-hydroxylation sites is 1. The Morgan fingerprint density at radius 1 is 1.00 bits per heavy atom. The van der Waals surface area contributed by atoms with Crippen molar-refractivity contribution in [2.75, 3.05) is 0 Å². The highest BCUT2D eigenvalue weighted by atomic mass is 35.5. The van der Waals surface area contributed by atoms with Crippen molar-refractivity contribution in [2.45, 2.75) is 6.54 Å². The monoisotopic (exact) mass is 337 g/mol. The number of nitrogens with zero attached hydrogens (tertiary/aromatic N) is 1. The van der Waals surface area contributed by atoms with Gasteiger partial charge in [-0.05, 0) is 30.3 Å². The smallest absolute Gasteiger partial charge is 0.184 e. The standard InChI is InChI=1S/C16H10Cl3NO/c17-11-4-5-13(18)12(8-11)15(21)9-20-7-6-10-2-1-3-14(19)16(10)20/h1-8H,9H2. The quantitative estimate of drug-likeness (QED) is 0.579. The molecular formula is C16H10Cl3NO. The summed E-state index contributed by atoms with van der Waals surface area (Å²) in [4.78, 5) is 12.4.